The molecule has 88 valence electrons. The lowest BCUT2D eigenvalue weighted by molar-refractivity contribution is -0.142. The molecule has 0 saturated carbocycles. The van der Waals surface area contributed by atoms with Crippen LogP contribution in [0.4, 0.5) is 5.13 Å². The first-order chi connectivity index (χ1) is 7.66. The monoisotopic (exact) mass is 242 g/mol. The second-order valence-electron chi connectivity index (χ2n) is 3.81. The molecule has 6 heteroatoms. The van der Waals surface area contributed by atoms with Crippen LogP contribution < -0.4 is 5.32 Å². The number of anilines is 1. The Kier molecular flexibility index (Phi) is 3.11. The maximum Gasteiger partial charge on any atom is 0.331 e. The molecule has 5 nitrogen and oxygen atoms in total. The third kappa shape index (κ3) is 2.03. The summed E-state index contributed by atoms with van der Waals surface area (Å²) < 4.78 is 5.16. The molecular weight excluding hydrogens is 228 g/mol. The Hall–Kier alpha value is -1.14. The van der Waals surface area contributed by atoms with Gasteiger partial charge in [-0.2, -0.15) is 0 Å². The molecule has 2 heterocycles. The first kappa shape index (κ1) is 11.3. The van der Waals surface area contributed by atoms with Gasteiger partial charge in [-0.3, -0.25) is 0 Å². The van der Waals surface area contributed by atoms with Crippen molar-refractivity contribution >= 4 is 22.4 Å². The van der Waals surface area contributed by atoms with Gasteiger partial charge in [-0.15, -0.1) is 11.3 Å². The second kappa shape index (κ2) is 4.39. The van der Waals surface area contributed by atoms with Crippen LogP contribution >= 0.6 is 11.3 Å². The number of nitrogens with one attached hydrogen (secondary N) is 1. The molecule has 1 atom stereocenters. The van der Waals surface area contributed by atoms with Gasteiger partial charge in [0.15, 0.2) is 10.7 Å². The van der Waals surface area contributed by atoms with Crippen LogP contribution in [0.25, 0.3) is 0 Å². The number of rotatable bonds is 4. The number of nitrogens with zero attached hydrogens (tertiary/aromatic N) is 1. The van der Waals surface area contributed by atoms with E-state index in [1.165, 1.54) is 11.3 Å². The summed E-state index contributed by atoms with van der Waals surface area (Å²) in [5.41, 5.74) is -0.0185. The standard InChI is InChI=1S/C10H14N2O3S/c1-2-7-5-16-9(11-7)12-10(8(13)14)3-4-15-6-10/h5H,2-4,6H2,1H3,(H,11,12)(H,13,14). The summed E-state index contributed by atoms with van der Waals surface area (Å²) in [5, 5.41) is 14.8. The Bertz CT molecular complexity index is 385. The SMILES string of the molecule is CCc1csc(NC2(C(=O)O)CCOC2)n1. The summed E-state index contributed by atoms with van der Waals surface area (Å²) in [4.78, 5) is 15.5. The molecule has 1 aromatic rings. The van der Waals surface area contributed by atoms with Crippen molar-refractivity contribution < 1.29 is 14.6 Å². The van der Waals surface area contributed by atoms with Crippen molar-refractivity contribution in [3.63, 3.8) is 0 Å². The minimum Gasteiger partial charge on any atom is -0.479 e. The van der Waals surface area contributed by atoms with Crippen LogP contribution in [0.5, 0.6) is 0 Å². The largest absolute Gasteiger partial charge is 0.479 e. The van der Waals surface area contributed by atoms with Gasteiger partial charge in [0.25, 0.3) is 0 Å². The molecule has 0 aliphatic carbocycles. The maximum atomic E-state index is 11.2. The number of carboxylic acids is 1. The lowest BCUT2D eigenvalue weighted by atomic mass is 10.00. The Morgan fingerprint density at radius 1 is 1.81 bits per heavy atom. The van der Waals surface area contributed by atoms with Crippen molar-refractivity contribution in [2.24, 2.45) is 0 Å². The highest BCUT2D eigenvalue weighted by Gasteiger charge is 2.43. The van der Waals surface area contributed by atoms with E-state index < -0.39 is 11.5 Å². The maximum absolute atomic E-state index is 11.2. The normalized spacial score (nSPS) is 24.6. The first-order valence-electron chi connectivity index (χ1n) is 5.20. The van der Waals surface area contributed by atoms with Gasteiger partial charge in [-0.05, 0) is 6.42 Å². The van der Waals surface area contributed by atoms with E-state index in [4.69, 9.17) is 4.74 Å². The highest BCUT2D eigenvalue weighted by atomic mass is 32.1. The molecule has 1 aliphatic rings. The number of carboxylic acid groups (broad SMARTS) is 1. The number of thiazole rings is 1. The molecule has 1 saturated heterocycles. The van der Waals surface area contributed by atoms with Gasteiger partial charge >= 0.3 is 5.97 Å². The summed E-state index contributed by atoms with van der Waals surface area (Å²) in [5.74, 6) is -0.877. The lowest BCUT2D eigenvalue weighted by Crippen LogP contribution is -2.47. The average molecular weight is 242 g/mol. The van der Waals surface area contributed by atoms with Crippen molar-refractivity contribution in [2.45, 2.75) is 25.3 Å². The van der Waals surface area contributed by atoms with Crippen molar-refractivity contribution in [3.8, 4) is 0 Å². The van der Waals surface area contributed by atoms with Crippen molar-refractivity contribution in [1.82, 2.24) is 4.98 Å². The number of aromatic nitrogens is 1. The molecule has 1 unspecified atom stereocenters. The lowest BCUT2D eigenvalue weighted by Gasteiger charge is -2.22. The van der Waals surface area contributed by atoms with Crippen LogP contribution in [0.2, 0.25) is 0 Å². The molecule has 16 heavy (non-hydrogen) atoms. The highest BCUT2D eigenvalue weighted by molar-refractivity contribution is 7.13. The molecule has 1 aromatic heterocycles. The Morgan fingerprint density at radius 2 is 2.62 bits per heavy atom. The fraction of sp³-hybridized carbons (Fsp3) is 0.600. The zero-order valence-electron chi connectivity index (χ0n) is 9.02. The Morgan fingerprint density at radius 3 is 3.12 bits per heavy atom. The third-order valence-corrected chi connectivity index (χ3v) is 3.50. The molecule has 0 spiro atoms. The Labute approximate surface area is 97.5 Å². The smallest absolute Gasteiger partial charge is 0.331 e. The minimum absolute atomic E-state index is 0.198. The molecular formula is C10H14N2O3S. The van der Waals surface area contributed by atoms with E-state index in [2.05, 4.69) is 10.3 Å². The van der Waals surface area contributed by atoms with Crippen molar-refractivity contribution in [3.05, 3.63) is 11.1 Å². The highest BCUT2D eigenvalue weighted by Crippen LogP contribution is 2.26. The fourth-order valence-electron chi connectivity index (χ4n) is 1.62. The van der Waals surface area contributed by atoms with Gasteiger partial charge in [-0.25, -0.2) is 9.78 Å². The van der Waals surface area contributed by atoms with Crippen LogP contribution in [-0.2, 0) is 16.0 Å². The van der Waals surface area contributed by atoms with Gasteiger partial charge in [-0.1, -0.05) is 6.92 Å². The van der Waals surface area contributed by atoms with E-state index in [1.807, 2.05) is 12.3 Å². The van der Waals surface area contributed by atoms with Crippen LogP contribution in [0.15, 0.2) is 5.38 Å². The summed E-state index contributed by atoms with van der Waals surface area (Å²) in [6.45, 7) is 2.69. The van der Waals surface area contributed by atoms with E-state index >= 15 is 0 Å². The van der Waals surface area contributed by atoms with Crippen molar-refractivity contribution in [1.29, 1.82) is 0 Å². The molecule has 2 N–H and O–H groups in total. The predicted octanol–water partition coefficient (Wildman–Crippen LogP) is 1.36. The van der Waals surface area contributed by atoms with E-state index in [0.29, 0.717) is 18.2 Å². The van der Waals surface area contributed by atoms with E-state index in [-0.39, 0.29) is 6.61 Å². The van der Waals surface area contributed by atoms with E-state index in [9.17, 15) is 9.90 Å². The van der Waals surface area contributed by atoms with E-state index in [1.54, 1.807) is 0 Å². The minimum atomic E-state index is -0.997. The van der Waals surface area contributed by atoms with Crippen LogP contribution in [0.3, 0.4) is 0 Å². The molecule has 1 aliphatic heterocycles. The Balaban J connectivity index is 2.14. The van der Waals surface area contributed by atoms with Gasteiger partial charge in [0.05, 0.1) is 12.3 Å². The first-order valence-corrected chi connectivity index (χ1v) is 6.08. The van der Waals surface area contributed by atoms with E-state index in [0.717, 1.165) is 12.1 Å². The number of hydrogen-bond acceptors (Lipinski definition) is 5. The summed E-state index contributed by atoms with van der Waals surface area (Å²) in [6, 6.07) is 0. The average Bonchev–Trinajstić information content (AvgIpc) is 2.88. The zero-order valence-corrected chi connectivity index (χ0v) is 9.84. The summed E-state index contributed by atoms with van der Waals surface area (Å²) in [6.07, 6.45) is 1.33. The number of hydrogen-bond donors (Lipinski definition) is 2. The predicted molar refractivity (Wildman–Crippen MR) is 60.9 cm³/mol. The molecule has 0 bridgehead atoms. The van der Waals surface area contributed by atoms with Gasteiger partial charge < -0.3 is 15.2 Å². The van der Waals surface area contributed by atoms with Gasteiger partial charge in [0.1, 0.15) is 0 Å². The number of aliphatic carboxylic acids is 1. The second-order valence-corrected chi connectivity index (χ2v) is 4.67. The topological polar surface area (TPSA) is 71.5 Å². The van der Waals surface area contributed by atoms with Crippen LogP contribution in [0, 0.1) is 0 Å². The quantitative estimate of drug-likeness (QED) is 0.834. The van der Waals surface area contributed by atoms with Crippen LogP contribution in [0.1, 0.15) is 19.0 Å². The third-order valence-electron chi connectivity index (χ3n) is 2.69. The summed E-state index contributed by atoms with van der Waals surface area (Å²) >= 11 is 1.44. The van der Waals surface area contributed by atoms with Gasteiger partial charge in [0, 0.05) is 18.4 Å². The van der Waals surface area contributed by atoms with Gasteiger partial charge in [0.2, 0.25) is 0 Å². The molecule has 0 amide bonds. The molecule has 2 rings (SSSR count). The number of carbonyl (C=O) groups is 1. The fourth-order valence-corrected chi connectivity index (χ4v) is 2.51. The summed E-state index contributed by atoms with van der Waals surface area (Å²) in [7, 11) is 0. The number of ether oxygens (including phenoxy) is 1. The van der Waals surface area contributed by atoms with Crippen LogP contribution in [-0.4, -0.2) is 34.8 Å². The number of aryl methyl sites for hydroxylation is 1. The molecule has 0 aromatic carbocycles. The molecule has 1 fully saturated rings. The molecule has 0 radical (unpaired) electrons. The zero-order chi connectivity index (χ0) is 11.6. The van der Waals surface area contributed by atoms with Crippen molar-refractivity contribution in [2.75, 3.05) is 18.5 Å².